The highest BCUT2D eigenvalue weighted by molar-refractivity contribution is 9.13. The molecule has 2 aromatic rings. The number of halogens is 2. The average molecular weight is 454 g/mol. The number of thiophene rings is 2. The summed E-state index contributed by atoms with van der Waals surface area (Å²) in [6.07, 6.45) is 5.76. The summed E-state index contributed by atoms with van der Waals surface area (Å²) < 4.78 is 9.73. The molecule has 0 saturated heterocycles. The molecule has 0 spiro atoms. The number of hydrogen-bond donors (Lipinski definition) is 0. The van der Waals surface area contributed by atoms with Crippen LogP contribution in [0.25, 0.3) is 9.40 Å². The van der Waals surface area contributed by atoms with Crippen molar-refractivity contribution in [2.45, 2.75) is 46.0 Å². The average Bonchev–Trinajstić information content (AvgIpc) is 2.94. The molecule has 0 N–H and O–H groups in total. The molecule has 21 heavy (non-hydrogen) atoms. The van der Waals surface area contributed by atoms with Gasteiger partial charge in [0, 0.05) is 0 Å². The number of hydrogen-bond acceptors (Lipinski definition) is 4. The van der Waals surface area contributed by atoms with E-state index in [0.717, 1.165) is 30.7 Å². The van der Waals surface area contributed by atoms with Crippen LogP contribution in [0.15, 0.2) is 8.26 Å². The molecule has 2 nitrogen and oxygen atoms in total. The lowest BCUT2D eigenvalue weighted by Gasteiger charge is -2.04. The van der Waals surface area contributed by atoms with E-state index in [9.17, 15) is 4.79 Å². The highest BCUT2D eigenvalue weighted by atomic mass is 79.9. The number of fused-ring (bicyclic) bond motifs is 1. The summed E-state index contributed by atoms with van der Waals surface area (Å²) in [7, 11) is 0. The van der Waals surface area contributed by atoms with Crippen LogP contribution in [0.4, 0.5) is 0 Å². The maximum atomic E-state index is 12.2. The third kappa shape index (κ3) is 3.89. The van der Waals surface area contributed by atoms with Crippen LogP contribution >= 0.6 is 54.5 Å². The maximum absolute atomic E-state index is 12.2. The van der Waals surface area contributed by atoms with E-state index in [4.69, 9.17) is 4.74 Å². The van der Waals surface area contributed by atoms with Gasteiger partial charge in [0.05, 0.1) is 24.3 Å². The molecule has 0 fully saturated rings. The molecule has 0 aromatic carbocycles. The highest BCUT2D eigenvalue weighted by Crippen LogP contribution is 2.47. The normalized spacial score (nSPS) is 11.2. The van der Waals surface area contributed by atoms with Crippen molar-refractivity contribution in [3.63, 3.8) is 0 Å². The first kappa shape index (κ1) is 17.4. The van der Waals surface area contributed by atoms with Crippen LogP contribution < -0.4 is 0 Å². The monoisotopic (exact) mass is 452 g/mol. The highest BCUT2D eigenvalue weighted by Gasteiger charge is 2.23. The van der Waals surface area contributed by atoms with Crippen molar-refractivity contribution < 1.29 is 9.53 Å². The fourth-order valence-corrected chi connectivity index (χ4v) is 6.23. The van der Waals surface area contributed by atoms with Gasteiger partial charge in [-0.2, -0.15) is 0 Å². The van der Waals surface area contributed by atoms with Crippen molar-refractivity contribution in [3.8, 4) is 0 Å². The van der Waals surface area contributed by atoms with Gasteiger partial charge in [-0.3, -0.25) is 0 Å². The lowest BCUT2D eigenvalue weighted by atomic mass is 10.1. The van der Waals surface area contributed by atoms with Gasteiger partial charge >= 0.3 is 5.97 Å². The predicted octanol–water partition coefficient (Wildman–Crippen LogP) is 6.79. The Morgan fingerprint density at radius 2 is 1.86 bits per heavy atom. The lowest BCUT2D eigenvalue weighted by molar-refractivity contribution is 0.0531. The van der Waals surface area contributed by atoms with Crippen LogP contribution in [0.2, 0.25) is 0 Å². The third-order valence-corrected chi connectivity index (χ3v) is 8.39. The number of carbonyl (C=O) groups excluding carboxylic acids is 1. The second-order valence-corrected chi connectivity index (χ2v) is 8.94. The second-order valence-electron chi connectivity index (χ2n) is 4.79. The van der Waals surface area contributed by atoms with Crippen LogP contribution in [0.5, 0.6) is 0 Å². The zero-order valence-electron chi connectivity index (χ0n) is 12.1. The van der Waals surface area contributed by atoms with E-state index in [0.29, 0.717) is 6.61 Å². The minimum atomic E-state index is -0.181. The molecule has 0 bridgehead atoms. The maximum Gasteiger partial charge on any atom is 0.348 e. The summed E-state index contributed by atoms with van der Waals surface area (Å²) >= 11 is 10.4. The first-order valence-corrected chi connectivity index (χ1v) is 10.4. The fourth-order valence-electron chi connectivity index (χ4n) is 2.24. The Morgan fingerprint density at radius 1 is 1.10 bits per heavy atom. The van der Waals surface area contributed by atoms with E-state index < -0.39 is 0 Å². The summed E-state index contributed by atoms with van der Waals surface area (Å²) in [6, 6.07) is 0. The topological polar surface area (TPSA) is 26.3 Å². The van der Waals surface area contributed by atoms with E-state index >= 15 is 0 Å². The molecule has 0 aliphatic carbocycles. The Bertz CT molecular complexity index is 631. The molecule has 0 aliphatic rings. The van der Waals surface area contributed by atoms with Crippen molar-refractivity contribution >= 4 is 69.9 Å². The molecule has 2 rings (SSSR count). The van der Waals surface area contributed by atoms with Crippen molar-refractivity contribution in [3.05, 3.63) is 18.7 Å². The first-order valence-electron chi connectivity index (χ1n) is 7.16. The van der Waals surface area contributed by atoms with Crippen LogP contribution in [-0.2, 0) is 11.2 Å². The third-order valence-electron chi connectivity index (χ3n) is 3.26. The Hall–Kier alpha value is 0.0900. The van der Waals surface area contributed by atoms with Crippen LogP contribution in [0.3, 0.4) is 0 Å². The second kappa shape index (κ2) is 8.09. The number of unbranched alkanes of at least 4 members (excludes halogenated alkanes) is 3. The number of aryl methyl sites for hydroxylation is 1. The fraction of sp³-hybridized carbons (Fsp3) is 0.533. The Kier molecular flexibility index (Phi) is 6.72. The van der Waals surface area contributed by atoms with Crippen LogP contribution in [0.1, 0.15) is 54.8 Å². The van der Waals surface area contributed by atoms with Crippen molar-refractivity contribution in [2.75, 3.05) is 6.61 Å². The number of ether oxygens (including phenoxy) is 1. The van der Waals surface area contributed by atoms with Gasteiger partial charge in [0.2, 0.25) is 0 Å². The van der Waals surface area contributed by atoms with Gasteiger partial charge < -0.3 is 4.74 Å². The molecule has 0 saturated carbocycles. The van der Waals surface area contributed by atoms with Gasteiger partial charge in [-0.15, -0.1) is 22.7 Å². The summed E-state index contributed by atoms with van der Waals surface area (Å²) in [5, 5.41) is 0. The molecule has 0 unspecified atom stereocenters. The van der Waals surface area contributed by atoms with Crippen molar-refractivity contribution in [1.82, 2.24) is 0 Å². The van der Waals surface area contributed by atoms with Gasteiger partial charge in [0.1, 0.15) is 4.88 Å². The molecule has 0 aliphatic heterocycles. The van der Waals surface area contributed by atoms with E-state index in [1.807, 2.05) is 6.92 Å². The summed E-state index contributed by atoms with van der Waals surface area (Å²) in [4.78, 5) is 13.0. The smallest absolute Gasteiger partial charge is 0.348 e. The van der Waals surface area contributed by atoms with Gasteiger partial charge in [0.15, 0.2) is 0 Å². The SMILES string of the molecule is CCCCCCc1c(C(=O)OCC)sc2c(Br)c(Br)sc12. The van der Waals surface area contributed by atoms with Gasteiger partial charge in [-0.25, -0.2) is 4.79 Å². The Morgan fingerprint density at radius 3 is 2.52 bits per heavy atom. The summed E-state index contributed by atoms with van der Waals surface area (Å²) in [6.45, 7) is 4.48. The molecule has 0 atom stereocenters. The molecular weight excluding hydrogens is 436 g/mol. The largest absolute Gasteiger partial charge is 0.462 e. The van der Waals surface area contributed by atoms with Gasteiger partial charge in [-0.05, 0) is 57.2 Å². The zero-order chi connectivity index (χ0) is 15.4. The van der Waals surface area contributed by atoms with Crippen molar-refractivity contribution in [2.24, 2.45) is 0 Å². The van der Waals surface area contributed by atoms with Crippen LogP contribution in [0, 0.1) is 0 Å². The molecule has 116 valence electrons. The Balaban J connectivity index is 2.34. The summed E-state index contributed by atoms with van der Waals surface area (Å²) in [5.41, 5.74) is 1.17. The molecule has 0 radical (unpaired) electrons. The molecule has 0 amide bonds. The lowest BCUT2D eigenvalue weighted by Crippen LogP contribution is -2.05. The molecule has 6 heteroatoms. The molecular formula is C15H18Br2O2S2. The van der Waals surface area contributed by atoms with E-state index in [1.165, 1.54) is 29.5 Å². The predicted molar refractivity (Wildman–Crippen MR) is 98.9 cm³/mol. The minimum absolute atomic E-state index is 0.181. The number of rotatable bonds is 7. The van der Waals surface area contributed by atoms with E-state index in [1.54, 1.807) is 22.7 Å². The van der Waals surface area contributed by atoms with E-state index in [-0.39, 0.29) is 5.97 Å². The van der Waals surface area contributed by atoms with Crippen LogP contribution in [-0.4, -0.2) is 12.6 Å². The Labute approximate surface area is 150 Å². The number of carbonyl (C=O) groups is 1. The van der Waals surface area contributed by atoms with Gasteiger partial charge in [0.25, 0.3) is 0 Å². The minimum Gasteiger partial charge on any atom is -0.462 e. The molecule has 2 aromatic heterocycles. The standard InChI is InChI=1S/C15H18Br2O2S2/c1-3-5-6-7-8-9-11-13(10(16)14(17)21-11)20-12(9)15(18)19-4-2/h3-8H2,1-2H3. The zero-order valence-corrected chi connectivity index (χ0v) is 16.9. The first-order chi connectivity index (χ1) is 10.1. The van der Waals surface area contributed by atoms with Crippen molar-refractivity contribution in [1.29, 1.82) is 0 Å². The quantitative estimate of drug-likeness (QED) is 0.340. The summed E-state index contributed by atoms with van der Waals surface area (Å²) in [5.74, 6) is -0.181. The van der Waals surface area contributed by atoms with E-state index in [2.05, 4.69) is 38.8 Å². The number of esters is 1. The molecule has 2 heterocycles. The van der Waals surface area contributed by atoms with Gasteiger partial charge in [-0.1, -0.05) is 26.2 Å².